The monoisotopic (exact) mass is 338 g/mol. The third kappa shape index (κ3) is 2.53. The van der Waals surface area contributed by atoms with Gasteiger partial charge in [-0.05, 0) is 55.2 Å². The molecule has 0 heterocycles. The number of aromatic hydroxyl groups is 1. The second-order valence-corrected chi connectivity index (χ2v) is 7.31. The molecule has 0 saturated heterocycles. The normalized spacial score (nSPS) is 15.5. The Morgan fingerprint density at radius 3 is 2.32 bits per heavy atom. The summed E-state index contributed by atoms with van der Waals surface area (Å²) in [4.78, 5) is 25.1. The summed E-state index contributed by atoms with van der Waals surface area (Å²) in [7, 11) is 1.50. The van der Waals surface area contributed by atoms with E-state index in [1.165, 1.54) is 19.3 Å². The van der Waals surface area contributed by atoms with Gasteiger partial charge in [-0.2, -0.15) is 0 Å². The molecule has 0 atom stereocenters. The van der Waals surface area contributed by atoms with Crippen LogP contribution in [0.1, 0.15) is 50.3 Å². The molecule has 0 saturated carbocycles. The first kappa shape index (κ1) is 17.2. The van der Waals surface area contributed by atoms with Crippen LogP contribution in [0.25, 0.3) is 16.8 Å². The molecular formula is C21H22O4. The van der Waals surface area contributed by atoms with Gasteiger partial charge in [0, 0.05) is 16.3 Å². The van der Waals surface area contributed by atoms with Crippen molar-refractivity contribution in [2.24, 2.45) is 0 Å². The molecule has 0 radical (unpaired) electrons. The Kier molecular flexibility index (Phi) is 3.94. The van der Waals surface area contributed by atoms with Crippen LogP contribution in [0.4, 0.5) is 0 Å². The number of benzene rings is 1. The van der Waals surface area contributed by atoms with Gasteiger partial charge < -0.3 is 9.84 Å². The summed E-state index contributed by atoms with van der Waals surface area (Å²) < 4.78 is 5.39. The lowest BCUT2D eigenvalue weighted by atomic mass is 9.76. The molecule has 4 nitrogen and oxygen atoms in total. The Balaban J connectivity index is 2.52. The molecule has 0 aromatic heterocycles. The molecule has 1 aliphatic carbocycles. The maximum absolute atomic E-state index is 12.9. The number of phenols is 1. The lowest BCUT2D eigenvalue weighted by Gasteiger charge is -2.26. The number of phenolic OH excluding ortho intramolecular Hbond substituents is 1. The van der Waals surface area contributed by atoms with E-state index in [1.54, 1.807) is 18.2 Å². The Hall–Kier alpha value is -2.62. The van der Waals surface area contributed by atoms with Crippen molar-refractivity contribution in [1.29, 1.82) is 0 Å². The van der Waals surface area contributed by atoms with Crippen molar-refractivity contribution in [3.8, 4) is 11.5 Å². The number of hydrogen-bond donors (Lipinski definition) is 1. The van der Waals surface area contributed by atoms with Gasteiger partial charge in [0.25, 0.3) is 0 Å². The molecule has 0 spiro atoms. The van der Waals surface area contributed by atoms with Crippen LogP contribution in [0.2, 0.25) is 0 Å². The summed E-state index contributed by atoms with van der Waals surface area (Å²) in [5.41, 5.74) is 1.21. The average molecular weight is 338 g/mol. The summed E-state index contributed by atoms with van der Waals surface area (Å²) in [5.74, 6) is 0.390. The third-order valence-electron chi connectivity index (χ3n) is 5.00. The van der Waals surface area contributed by atoms with Crippen LogP contribution in [-0.2, 0) is 10.2 Å². The number of ether oxygens (including phenoxy) is 1. The molecule has 0 fully saturated rings. The summed E-state index contributed by atoms with van der Waals surface area (Å²) in [6.45, 7) is 7.57. The number of rotatable bonds is 2. The van der Waals surface area contributed by atoms with Crippen molar-refractivity contribution in [2.45, 2.75) is 39.0 Å². The highest BCUT2D eigenvalue weighted by molar-refractivity contribution is 6.05. The van der Waals surface area contributed by atoms with Crippen LogP contribution in [0.3, 0.4) is 0 Å². The number of carbonyl (C=O) groups is 1. The van der Waals surface area contributed by atoms with E-state index in [2.05, 4.69) is 0 Å². The van der Waals surface area contributed by atoms with Gasteiger partial charge in [0.2, 0.25) is 0 Å². The van der Waals surface area contributed by atoms with Crippen LogP contribution < -0.4 is 10.2 Å². The zero-order valence-electron chi connectivity index (χ0n) is 15.1. The van der Waals surface area contributed by atoms with Crippen LogP contribution >= 0.6 is 0 Å². The van der Waals surface area contributed by atoms with E-state index in [4.69, 9.17) is 4.74 Å². The number of hydrogen-bond acceptors (Lipinski definition) is 4. The molecular weight excluding hydrogens is 316 g/mol. The number of carbonyl (C=O) groups excluding carboxylic acids is 1. The summed E-state index contributed by atoms with van der Waals surface area (Å²) >= 11 is 0. The topological polar surface area (TPSA) is 63.6 Å². The lowest BCUT2D eigenvalue weighted by molar-refractivity contribution is -0.118. The van der Waals surface area contributed by atoms with Crippen molar-refractivity contribution in [1.82, 2.24) is 0 Å². The largest absolute Gasteiger partial charge is 0.504 e. The van der Waals surface area contributed by atoms with E-state index < -0.39 is 5.41 Å². The fraction of sp³-hybridized carbons (Fsp3) is 0.333. The minimum atomic E-state index is -0.779. The molecule has 2 aromatic carbocycles. The second-order valence-electron chi connectivity index (χ2n) is 7.31. The fourth-order valence-corrected chi connectivity index (χ4v) is 3.39. The van der Waals surface area contributed by atoms with Crippen molar-refractivity contribution < 1.29 is 14.6 Å². The molecule has 25 heavy (non-hydrogen) atoms. The van der Waals surface area contributed by atoms with Gasteiger partial charge in [-0.3, -0.25) is 9.59 Å². The van der Waals surface area contributed by atoms with Crippen LogP contribution in [0.5, 0.6) is 11.5 Å². The summed E-state index contributed by atoms with van der Waals surface area (Å²) in [5, 5.41) is 11.6. The van der Waals surface area contributed by atoms with Gasteiger partial charge in [0.15, 0.2) is 22.7 Å². The lowest BCUT2D eigenvalue weighted by Crippen LogP contribution is -2.30. The quantitative estimate of drug-likeness (QED) is 0.902. The van der Waals surface area contributed by atoms with Gasteiger partial charge in [0.05, 0.1) is 12.5 Å². The predicted molar refractivity (Wildman–Crippen MR) is 99.6 cm³/mol. The number of ketones is 1. The van der Waals surface area contributed by atoms with E-state index in [0.717, 1.165) is 11.1 Å². The maximum Gasteiger partial charge on any atom is 0.186 e. The van der Waals surface area contributed by atoms with Gasteiger partial charge in [-0.1, -0.05) is 19.9 Å². The van der Waals surface area contributed by atoms with Gasteiger partial charge in [-0.15, -0.1) is 0 Å². The maximum atomic E-state index is 12.9. The first-order chi connectivity index (χ1) is 11.7. The van der Waals surface area contributed by atoms with Crippen molar-refractivity contribution >= 4 is 22.6 Å². The first-order valence-corrected chi connectivity index (χ1v) is 8.33. The Bertz CT molecular complexity index is 981. The molecule has 1 aliphatic rings. The SMILES string of the molecule is COc1c(C(C)C)cc2c(=O)cc3c(cc2c1O)C=CC(=O)C3(C)C. The first-order valence-electron chi connectivity index (χ1n) is 8.33. The van der Waals surface area contributed by atoms with E-state index in [0.29, 0.717) is 22.1 Å². The predicted octanol–water partition coefficient (Wildman–Crippen LogP) is 3.91. The molecule has 4 heteroatoms. The van der Waals surface area contributed by atoms with Gasteiger partial charge >= 0.3 is 0 Å². The van der Waals surface area contributed by atoms with Crippen LogP contribution in [0, 0.1) is 0 Å². The number of methoxy groups -OCH3 is 1. The van der Waals surface area contributed by atoms with E-state index in [-0.39, 0.29) is 22.9 Å². The molecule has 2 aromatic rings. The minimum Gasteiger partial charge on any atom is -0.504 e. The molecule has 0 amide bonds. The molecule has 0 bridgehead atoms. The molecule has 0 aliphatic heterocycles. The van der Waals surface area contributed by atoms with E-state index in [9.17, 15) is 14.7 Å². The molecule has 1 N–H and O–H groups in total. The standard InChI is InChI=1S/C21H22O4/c1-11(2)13-9-14-15(19(24)20(13)25-5)8-12-6-7-18(23)21(3,4)16(12)10-17(14)22/h6-11,24H,1-5H3. The van der Waals surface area contributed by atoms with Crippen molar-refractivity contribution in [2.75, 3.05) is 7.11 Å². The molecule has 0 unspecified atom stereocenters. The Morgan fingerprint density at radius 1 is 1.04 bits per heavy atom. The fourth-order valence-electron chi connectivity index (χ4n) is 3.39. The average Bonchev–Trinajstić information content (AvgIpc) is 2.69. The van der Waals surface area contributed by atoms with E-state index in [1.807, 2.05) is 27.7 Å². The van der Waals surface area contributed by atoms with Gasteiger partial charge in [-0.25, -0.2) is 0 Å². The molecule has 130 valence electrons. The van der Waals surface area contributed by atoms with Crippen LogP contribution in [-0.4, -0.2) is 18.0 Å². The Labute approximate surface area is 146 Å². The smallest absolute Gasteiger partial charge is 0.186 e. The third-order valence-corrected chi connectivity index (χ3v) is 5.00. The summed E-state index contributed by atoms with van der Waals surface area (Å²) in [6, 6.07) is 5.07. The van der Waals surface area contributed by atoms with Crippen molar-refractivity contribution in [3.63, 3.8) is 0 Å². The second kappa shape index (κ2) is 5.73. The number of fused-ring (bicyclic) bond motifs is 2. The van der Waals surface area contributed by atoms with E-state index >= 15 is 0 Å². The van der Waals surface area contributed by atoms with Crippen molar-refractivity contribution in [3.05, 3.63) is 51.2 Å². The highest BCUT2D eigenvalue weighted by Crippen LogP contribution is 2.41. The number of allylic oxidation sites excluding steroid dienone is 1. The van der Waals surface area contributed by atoms with Crippen LogP contribution in [0.15, 0.2) is 29.1 Å². The highest BCUT2D eigenvalue weighted by atomic mass is 16.5. The highest BCUT2D eigenvalue weighted by Gasteiger charge is 2.33. The van der Waals surface area contributed by atoms with Gasteiger partial charge in [0.1, 0.15) is 0 Å². The molecule has 3 rings (SSSR count). The zero-order valence-corrected chi connectivity index (χ0v) is 15.1. The zero-order chi connectivity index (χ0) is 18.5. The Morgan fingerprint density at radius 2 is 1.72 bits per heavy atom. The minimum absolute atomic E-state index is 0.0395. The summed E-state index contributed by atoms with van der Waals surface area (Å²) in [6.07, 6.45) is 3.22.